The minimum atomic E-state index is -0.990. The van der Waals surface area contributed by atoms with Crippen LogP contribution < -0.4 is 4.74 Å². The lowest BCUT2D eigenvalue weighted by Crippen LogP contribution is -2.03. The molecule has 2 rings (SSSR count). The Morgan fingerprint density at radius 2 is 2.19 bits per heavy atom. The lowest BCUT2D eigenvalue weighted by Gasteiger charge is -2.11. The number of rotatable bonds is 6. The molecule has 0 aliphatic heterocycles. The highest BCUT2D eigenvalue weighted by Gasteiger charge is 2.06. The van der Waals surface area contributed by atoms with Crippen LogP contribution in [-0.4, -0.2) is 22.7 Å². The van der Waals surface area contributed by atoms with Crippen molar-refractivity contribution in [1.82, 2.24) is 4.98 Å². The van der Waals surface area contributed by atoms with E-state index in [1.54, 1.807) is 12.4 Å². The van der Waals surface area contributed by atoms with E-state index in [1.165, 1.54) is 6.08 Å². The number of para-hydroxylation sites is 1. The zero-order valence-corrected chi connectivity index (χ0v) is 12.8. The van der Waals surface area contributed by atoms with Crippen LogP contribution in [0.2, 0.25) is 0 Å². The van der Waals surface area contributed by atoms with Crippen LogP contribution >= 0.6 is 15.9 Å². The molecule has 0 saturated carbocycles. The summed E-state index contributed by atoms with van der Waals surface area (Å²) >= 11 is 3.42. The number of ether oxygens (including phenoxy) is 1. The Morgan fingerprint density at radius 1 is 1.33 bits per heavy atom. The number of carboxylic acid groups (broad SMARTS) is 1. The van der Waals surface area contributed by atoms with Crippen LogP contribution in [0, 0.1) is 0 Å². The van der Waals surface area contributed by atoms with E-state index < -0.39 is 5.97 Å². The number of aromatic nitrogens is 1. The fourth-order valence-electron chi connectivity index (χ4n) is 1.79. The molecule has 0 spiro atoms. The van der Waals surface area contributed by atoms with Crippen molar-refractivity contribution in [3.8, 4) is 5.75 Å². The maximum atomic E-state index is 10.6. The molecule has 0 atom stereocenters. The second kappa shape index (κ2) is 7.59. The first-order chi connectivity index (χ1) is 10.2. The predicted octanol–water partition coefficient (Wildman–Crippen LogP) is 3.56. The molecule has 108 valence electrons. The zero-order chi connectivity index (χ0) is 15.1. The van der Waals surface area contributed by atoms with Crippen LogP contribution in [0.3, 0.4) is 0 Å². The average Bonchev–Trinajstić information content (AvgIpc) is 2.48. The van der Waals surface area contributed by atoms with Crippen LogP contribution in [0.4, 0.5) is 0 Å². The number of aliphatic carboxylic acids is 1. The number of pyridine rings is 1. The van der Waals surface area contributed by atoms with Gasteiger partial charge in [0, 0.05) is 30.5 Å². The summed E-state index contributed by atoms with van der Waals surface area (Å²) in [6, 6.07) is 9.37. The Labute approximate surface area is 131 Å². The fraction of sp³-hybridized carbons (Fsp3) is 0.125. The average molecular weight is 348 g/mol. The predicted molar refractivity (Wildman–Crippen MR) is 84.2 cm³/mol. The van der Waals surface area contributed by atoms with Crippen molar-refractivity contribution < 1.29 is 14.6 Å². The number of benzene rings is 1. The summed E-state index contributed by atoms with van der Waals surface area (Å²) in [6.45, 7) is 0.488. The minimum Gasteiger partial charge on any atom is -0.491 e. The standard InChI is InChI=1S/C16H14BrNO3/c17-14-5-1-4-13(6-7-15(19)20)16(14)21-10-8-12-3-2-9-18-11-12/h1-7,9,11H,8,10H2,(H,19,20). The van der Waals surface area contributed by atoms with Gasteiger partial charge in [0.25, 0.3) is 0 Å². The molecular formula is C16H14BrNO3. The Bertz CT molecular complexity index is 641. The third kappa shape index (κ3) is 4.72. The van der Waals surface area contributed by atoms with Gasteiger partial charge in [-0.2, -0.15) is 0 Å². The smallest absolute Gasteiger partial charge is 0.328 e. The van der Waals surface area contributed by atoms with E-state index >= 15 is 0 Å². The van der Waals surface area contributed by atoms with Crippen molar-refractivity contribution in [1.29, 1.82) is 0 Å². The van der Waals surface area contributed by atoms with E-state index in [9.17, 15) is 4.79 Å². The monoisotopic (exact) mass is 347 g/mol. The van der Waals surface area contributed by atoms with E-state index in [0.29, 0.717) is 12.4 Å². The van der Waals surface area contributed by atoms with Gasteiger partial charge in [-0.1, -0.05) is 18.2 Å². The topological polar surface area (TPSA) is 59.4 Å². The first-order valence-corrected chi connectivity index (χ1v) is 7.17. The van der Waals surface area contributed by atoms with Gasteiger partial charge >= 0.3 is 5.97 Å². The Hall–Kier alpha value is -2.14. The van der Waals surface area contributed by atoms with Crippen molar-refractivity contribution in [2.45, 2.75) is 6.42 Å². The van der Waals surface area contributed by atoms with Crippen molar-refractivity contribution in [3.05, 3.63) is 64.4 Å². The number of nitrogens with zero attached hydrogens (tertiary/aromatic N) is 1. The molecule has 0 radical (unpaired) electrons. The van der Waals surface area contributed by atoms with E-state index in [-0.39, 0.29) is 0 Å². The molecule has 2 aromatic rings. The number of carbonyl (C=O) groups is 1. The SMILES string of the molecule is O=C(O)C=Cc1cccc(Br)c1OCCc1cccnc1. The molecule has 0 saturated heterocycles. The largest absolute Gasteiger partial charge is 0.491 e. The minimum absolute atomic E-state index is 0.488. The second-order valence-electron chi connectivity index (χ2n) is 4.29. The number of hydrogen-bond donors (Lipinski definition) is 1. The lowest BCUT2D eigenvalue weighted by molar-refractivity contribution is -0.131. The summed E-state index contributed by atoms with van der Waals surface area (Å²) in [7, 11) is 0. The summed E-state index contributed by atoms with van der Waals surface area (Å²) in [5.74, 6) is -0.352. The number of halogens is 1. The van der Waals surface area contributed by atoms with Crippen LogP contribution in [0.1, 0.15) is 11.1 Å². The van der Waals surface area contributed by atoms with E-state index in [2.05, 4.69) is 20.9 Å². The molecule has 5 heteroatoms. The molecule has 1 aromatic carbocycles. The Kier molecular flexibility index (Phi) is 5.51. The van der Waals surface area contributed by atoms with Gasteiger partial charge in [-0.05, 0) is 39.7 Å². The van der Waals surface area contributed by atoms with Gasteiger partial charge in [-0.3, -0.25) is 4.98 Å². The molecule has 0 fully saturated rings. The molecule has 0 aliphatic rings. The molecule has 1 aromatic heterocycles. The van der Waals surface area contributed by atoms with Crippen molar-refractivity contribution in [2.75, 3.05) is 6.61 Å². The Morgan fingerprint density at radius 3 is 2.90 bits per heavy atom. The normalized spacial score (nSPS) is 10.7. The number of hydrogen-bond acceptors (Lipinski definition) is 3. The van der Waals surface area contributed by atoms with Crippen molar-refractivity contribution in [3.63, 3.8) is 0 Å². The van der Waals surface area contributed by atoms with Gasteiger partial charge in [0.1, 0.15) is 5.75 Å². The van der Waals surface area contributed by atoms with Crippen LogP contribution in [0.15, 0.2) is 53.3 Å². The summed E-state index contributed by atoms with van der Waals surface area (Å²) < 4.78 is 6.58. The summed E-state index contributed by atoms with van der Waals surface area (Å²) in [4.78, 5) is 14.7. The molecule has 0 aliphatic carbocycles. The highest BCUT2D eigenvalue weighted by molar-refractivity contribution is 9.10. The first kappa shape index (κ1) is 15.3. The maximum absolute atomic E-state index is 10.6. The van der Waals surface area contributed by atoms with Gasteiger partial charge in [0.15, 0.2) is 0 Å². The van der Waals surface area contributed by atoms with Crippen molar-refractivity contribution >= 4 is 28.0 Å². The molecule has 1 N–H and O–H groups in total. The second-order valence-corrected chi connectivity index (χ2v) is 5.14. The quantitative estimate of drug-likeness (QED) is 0.811. The lowest BCUT2D eigenvalue weighted by atomic mass is 10.2. The van der Waals surface area contributed by atoms with Crippen LogP contribution in [0.5, 0.6) is 5.75 Å². The van der Waals surface area contributed by atoms with E-state index in [0.717, 1.165) is 28.1 Å². The third-order valence-corrected chi connectivity index (χ3v) is 3.39. The van der Waals surface area contributed by atoms with Crippen LogP contribution in [-0.2, 0) is 11.2 Å². The summed E-state index contributed by atoms with van der Waals surface area (Å²) in [5.41, 5.74) is 1.81. The number of carboxylic acids is 1. The van der Waals surface area contributed by atoms with Gasteiger partial charge in [0.05, 0.1) is 11.1 Å². The van der Waals surface area contributed by atoms with Gasteiger partial charge in [-0.25, -0.2) is 4.79 Å². The molecule has 1 heterocycles. The van der Waals surface area contributed by atoms with Gasteiger partial charge < -0.3 is 9.84 Å². The van der Waals surface area contributed by atoms with E-state index in [4.69, 9.17) is 9.84 Å². The molecule has 0 amide bonds. The summed E-state index contributed by atoms with van der Waals surface area (Å²) in [6.07, 6.45) is 6.88. The van der Waals surface area contributed by atoms with E-state index in [1.807, 2.05) is 30.3 Å². The highest BCUT2D eigenvalue weighted by atomic mass is 79.9. The zero-order valence-electron chi connectivity index (χ0n) is 11.2. The molecular weight excluding hydrogens is 334 g/mol. The highest BCUT2D eigenvalue weighted by Crippen LogP contribution is 2.30. The van der Waals surface area contributed by atoms with Gasteiger partial charge in [0.2, 0.25) is 0 Å². The molecule has 4 nitrogen and oxygen atoms in total. The first-order valence-electron chi connectivity index (χ1n) is 6.38. The molecule has 0 unspecified atom stereocenters. The molecule has 21 heavy (non-hydrogen) atoms. The Balaban J connectivity index is 2.06. The van der Waals surface area contributed by atoms with Gasteiger partial charge in [-0.15, -0.1) is 0 Å². The molecule has 0 bridgehead atoms. The summed E-state index contributed by atoms with van der Waals surface area (Å²) in [5, 5.41) is 8.71. The van der Waals surface area contributed by atoms with Crippen LogP contribution in [0.25, 0.3) is 6.08 Å². The maximum Gasteiger partial charge on any atom is 0.328 e. The third-order valence-electron chi connectivity index (χ3n) is 2.76. The van der Waals surface area contributed by atoms with Crippen molar-refractivity contribution in [2.24, 2.45) is 0 Å². The fourth-order valence-corrected chi connectivity index (χ4v) is 2.28.